The van der Waals surface area contributed by atoms with Crippen LogP contribution in [0.4, 0.5) is 0 Å². The predicted molar refractivity (Wildman–Crippen MR) is 76.8 cm³/mol. The molecule has 2 N–H and O–H groups in total. The third kappa shape index (κ3) is 3.13. The minimum absolute atomic E-state index is 0.302. The third-order valence-corrected chi connectivity index (χ3v) is 5.73. The Hall–Kier alpha value is -0.570. The van der Waals surface area contributed by atoms with Gasteiger partial charge in [-0.2, -0.15) is 0 Å². The first kappa shape index (κ1) is 13.4. The monoisotopic (exact) mass is 264 g/mol. The van der Waals surface area contributed by atoms with Gasteiger partial charge in [-0.1, -0.05) is 13.3 Å². The van der Waals surface area contributed by atoms with Crippen molar-refractivity contribution < 1.29 is 4.79 Å². The lowest BCUT2D eigenvalue weighted by molar-refractivity contribution is -0.123. The highest BCUT2D eigenvalue weighted by Crippen LogP contribution is 2.44. The van der Waals surface area contributed by atoms with E-state index in [1.54, 1.807) is 0 Å². The van der Waals surface area contributed by atoms with Crippen LogP contribution in [0, 0.1) is 23.7 Å². The molecule has 0 aromatic rings. The Morgan fingerprint density at radius 2 is 2.21 bits per heavy atom. The van der Waals surface area contributed by atoms with Gasteiger partial charge in [0.05, 0.1) is 0 Å². The van der Waals surface area contributed by atoms with Gasteiger partial charge in [0.1, 0.15) is 0 Å². The maximum Gasteiger partial charge on any atom is 0.220 e. The second kappa shape index (κ2) is 5.82. The second-order valence-corrected chi connectivity index (χ2v) is 7.14. The zero-order chi connectivity index (χ0) is 13.2. The molecule has 2 saturated carbocycles. The highest BCUT2D eigenvalue weighted by atomic mass is 16.1. The molecule has 3 rings (SSSR count). The van der Waals surface area contributed by atoms with Crippen molar-refractivity contribution in [2.45, 2.75) is 57.9 Å². The van der Waals surface area contributed by atoms with Gasteiger partial charge in [-0.25, -0.2) is 0 Å². The van der Waals surface area contributed by atoms with Crippen molar-refractivity contribution in [3.63, 3.8) is 0 Å². The Kier molecular flexibility index (Phi) is 4.11. The highest BCUT2D eigenvalue weighted by Gasteiger charge is 2.40. The molecule has 0 aromatic carbocycles. The van der Waals surface area contributed by atoms with Gasteiger partial charge in [0.15, 0.2) is 0 Å². The van der Waals surface area contributed by atoms with Crippen LogP contribution in [-0.4, -0.2) is 25.0 Å². The summed E-state index contributed by atoms with van der Waals surface area (Å²) in [4.78, 5) is 12.2. The third-order valence-electron chi connectivity index (χ3n) is 5.73. The molecule has 5 unspecified atom stereocenters. The van der Waals surface area contributed by atoms with Crippen LogP contribution < -0.4 is 10.6 Å². The predicted octanol–water partition coefficient (Wildman–Crippen LogP) is 2.32. The SMILES string of the molecule is CC(CC(=O)NC1CC2CCC1C2)C1CCCNC1. The van der Waals surface area contributed by atoms with Crippen molar-refractivity contribution in [2.24, 2.45) is 23.7 Å². The lowest BCUT2D eigenvalue weighted by atomic mass is 9.85. The molecule has 0 spiro atoms. The summed E-state index contributed by atoms with van der Waals surface area (Å²) in [5, 5.41) is 6.77. The standard InChI is InChI=1S/C16H28N2O/c1-11(14-3-2-6-17-10-14)7-16(19)18-15-9-12-4-5-13(15)8-12/h11-15,17H,2-10H2,1H3,(H,18,19). The zero-order valence-electron chi connectivity index (χ0n) is 12.2. The van der Waals surface area contributed by atoms with Gasteiger partial charge in [0.25, 0.3) is 0 Å². The number of nitrogens with one attached hydrogen (secondary N) is 2. The quantitative estimate of drug-likeness (QED) is 0.818. The summed E-state index contributed by atoms with van der Waals surface area (Å²) in [6.45, 7) is 4.50. The molecule has 1 amide bonds. The Morgan fingerprint density at radius 3 is 2.84 bits per heavy atom. The maximum atomic E-state index is 12.2. The van der Waals surface area contributed by atoms with Gasteiger partial charge in [-0.05, 0) is 68.9 Å². The first-order valence-corrected chi connectivity index (χ1v) is 8.22. The van der Waals surface area contributed by atoms with E-state index in [0.29, 0.717) is 23.8 Å². The summed E-state index contributed by atoms with van der Waals surface area (Å²) in [6.07, 6.45) is 8.64. The second-order valence-electron chi connectivity index (χ2n) is 7.14. The molecule has 2 aliphatic carbocycles. The molecular formula is C16H28N2O. The fraction of sp³-hybridized carbons (Fsp3) is 0.938. The number of carbonyl (C=O) groups is 1. The summed E-state index contributed by atoms with van der Waals surface area (Å²) in [6, 6.07) is 0.503. The molecule has 3 heteroatoms. The van der Waals surface area contributed by atoms with Gasteiger partial charge in [-0.3, -0.25) is 4.79 Å². The van der Waals surface area contributed by atoms with Gasteiger partial charge in [-0.15, -0.1) is 0 Å². The van der Waals surface area contributed by atoms with Crippen molar-refractivity contribution in [3.8, 4) is 0 Å². The van der Waals surface area contributed by atoms with E-state index in [1.165, 1.54) is 38.5 Å². The Labute approximate surface area is 116 Å². The molecule has 1 heterocycles. The van der Waals surface area contributed by atoms with Crippen molar-refractivity contribution in [1.29, 1.82) is 0 Å². The van der Waals surface area contributed by atoms with Crippen molar-refractivity contribution in [2.75, 3.05) is 13.1 Å². The van der Waals surface area contributed by atoms with E-state index >= 15 is 0 Å². The van der Waals surface area contributed by atoms with Crippen molar-refractivity contribution in [1.82, 2.24) is 10.6 Å². The van der Waals surface area contributed by atoms with E-state index in [0.717, 1.165) is 31.3 Å². The molecule has 3 aliphatic rings. The Bertz CT molecular complexity index is 325. The minimum Gasteiger partial charge on any atom is -0.353 e. The number of carbonyl (C=O) groups excluding carboxylic acids is 1. The van der Waals surface area contributed by atoms with E-state index in [2.05, 4.69) is 17.6 Å². The number of rotatable bonds is 4. The number of fused-ring (bicyclic) bond motifs is 2. The van der Waals surface area contributed by atoms with Crippen LogP contribution in [0.3, 0.4) is 0 Å². The average Bonchev–Trinajstić information content (AvgIpc) is 3.02. The lowest BCUT2D eigenvalue weighted by Crippen LogP contribution is -2.40. The first-order valence-electron chi connectivity index (χ1n) is 8.22. The van der Waals surface area contributed by atoms with Crippen LogP contribution in [0.1, 0.15) is 51.9 Å². The zero-order valence-corrected chi connectivity index (χ0v) is 12.2. The van der Waals surface area contributed by atoms with E-state index in [9.17, 15) is 4.79 Å². The van der Waals surface area contributed by atoms with Gasteiger partial charge >= 0.3 is 0 Å². The van der Waals surface area contributed by atoms with E-state index in [-0.39, 0.29) is 0 Å². The fourth-order valence-electron chi connectivity index (χ4n) is 4.51. The summed E-state index contributed by atoms with van der Waals surface area (Å²) >= 11 is 0. The molecule has 3 fully saturated rings. The van der Waals surface area contributed by atoms with Crippen LogP contribution in [0.5, 0.6) is 0 Å². The molecule has 108 valence electrons. The summed E-state index contributed by atoms with van der Waals surface area (Å²) < 4.78 is 0. The van der Waals surface area contributed by atoms with Crippen molar-refractivity contribution in [3.05, 3.63) is 0 Å². The van der Waals surface area contributed by atoms with Gasteiger partial charge < -0.3 is 10.6 Å². The number of hydrogen-bond acceptors (Lipinski definition) is 2. The first-order chi connectivity index (χ1) is 9.22. The molecule has 19 heavy (non-hydrogen) atoms. The highest BCUT2D eigenvalue weighted by molar-refractivity contribution is 5.76. The summed E-state index contributed by atoms with van der Waals surface area (Å²) in [7, 11) is 0. The summed E-state index contributed by atoms with van der Waals surface area (Å²) in [5.74, 6) is 3.22. The lowest BCUT2D eigenvalue weighted by Gasteiger charge is -2.29. The van der Waals surface area contributed by atoms with Gasteiger partial charge in [0, 0.05) is 12.5 Å². The van der Waals surface area contributed by atoms with Crippen LogP contribution in [0.25, 0.3) is 0 Å². The molecule has 3 nitrogen and oxygen atoms in total. The summed E-state index contributed by atoms with van der Waals surface area (Å²) in [5.41, 5.74) is 0. The van der Waals surface area contributed by atoms with E-state index in [4.69, 9.17) is 0 Å². The van der Waals surface area contributed by atoms with E-state index < -0.39 is 0 Å². The topological polar surface area (TPSA) is 41.1 Å². The smallest absolute Gasteiger partial charge is 0.220 e. The average molecular weight is 264 g/mol. The van der Waals surface area contributed by atoms with Crippen LogP contribution in [-0.2, 0) is 4.79 Å². The van der Waals surface area contributed by atoms with Gasteiger partial charge in [0.2, 0.25) is 5.91 Å². The number of hydrogen-bond donors (Lipinski definition) is 2. The molecule has 1 aliphatic heterocycles. The molecule has 0 aromatic heterocycles. The molecule has 1 saturated heterocycles. The molecular weight excluding hydrogens is 236 g/mol. The van der Waals surface area contributed by atoms with Crippen LogP contribution in [0.15, 0.2) is 0 Å². The maximum absolute atomic E-state index is 12.2. The molecule has 0 radical (unpaired) electrons. The Morgan fingerprint density at radius 1 is 1.32 bits per heavy atom. The van der Waals surface area contributed by atoms with Crippen molar-refractivity contribution >= 4 is 5.91 Å². The normalized spacial score (nSPS) is 39.2. The molecule has 2 bridgehead atoms. The van der Waals surface area contributed by atoms with Crippen LogP contribution in [0.2, 0.25) is 0 Å². The minimum atomic E-state index is 0.302. The fourth-order valence-corrected chi connectivity index (χ4v) is 4.51. The largest absolute Gasteiger partial charge is 0.353 e. The van der Waals surface area contributed by atoms with Crippen LogP contribution >= 0.6 is 0 Å². The molecule has 5 atom stereocenters. The number of amides is 1. The number of piperidine rings is 1. The van der Waals surface area contributed by atoms with E-state index in [1.807, 2.05) is 0 Å². The Balaban J connectivity index is 1.43.